The van der Waals surface area contributed by atoms with Crippen molar-refractivity contribution >= 4 is 45.5 Å². The molecular formula is C27H26ClN3OS. The number of methoxy groups -OCH3 is 1. The van der Waals surface area contributed by atoms with Crippen molar-refractivity contribution in [3.63, 3.8) is 0 Å². The van der Waals surface area contributed by atoms with Crippen LogP contribution in [-0.2, 0) is 12.8 Å². The van der Waals surface area contributed by atoms with Crippen LogP contribution in [-0.4, -0.2) is 28.7 Å². The van der Waals surface area contributed by atoms with Crippen LogP contribution in [0.3, 0.4) is 0 Å². The van der Waals surface area contributed by atoms with Crippen LogP contribution in [0.1, 0.15) is 35.3 Å². The summed E-state index contributed by atoms with van der Waals surface area (Å²) in [5.74, 6) is 0.835. The minimum atomic E-state index is -0.0415. The first-order chi connectivity index (χ1) is 16.1. The van der Waals surface area contributed by atoms with Crippen molar-refractivity contribution in [3.8, 4) is 5.75 Å². The summed E-state index contributed by atoms with van der Waals surface area (Å²) in [4.78, 5) is 5.94. The number of hydrogen-bond acceptors (Lipinski definition) is 2. The van der Waals surface area contributed by atoms with E-state index in [0.29, 0.717) is 5.11 Å². The molecule has 0 saturated carbocycles. The van der Waals surface area contributed by atoms with Crippen LogP contribution >= 0.6 is 23.8 Å². The molecule has 0 saturated heterocycles. The first-order valence-corrected chi connectivity index (χ1v) is 12.0. The van der Waals surface area contributed by atoms with Gasteiger partial charge < -0.3 is 19.9 Å². The standard InChI is InChI=1S/C27H26ClN3OS/c1-3-17-5-4-6-20(15-17)29-27(33)31-14-13-22-23-16-19(28)9-12-24(23)30-25(22)26(31)18-7-10-21(32-2)11-8-18/h4-12,15-16,26,30H,3,13-14H2,1-2H3,(H,29,33). The summed E-state index contributed by atoms with van der Waals surface area (Å²) in [5.41, 5.74) is 7.01. The molecule has 1 aliphatic heterocycles. The van der Waals surface area contributed by atoms with Gasteiger partial charge in [-0.3, -0.25) is 0 Å². The van der Waals surface area contributed by atoms with E-state index in [1.165, 1.54) is 16.5 Å². The lowest BCUT2D eigenvalue weighted by molar-refractivity contribution is 0.339. The van der Waals surface area contributed by atoms with Gasteiger partial charge in [0.1, 0.15) is 5.75 Å². The van der Waals surface area contributed by atoms with E-state index in [2.05, 4.69) is 70.7 Å². The molecule has 0 fully saturated rings. The second-order valence-corrected chi connectivity index (χ2v) is 9.13. The van der Waals surface area contributed by atoms with Gasteiger partial charge in [0.2, 0.25) is 0 Å². The third kappa shape index (κ3) is 4.19. The van der Waals surface area contributed by atoms with Crippen molar-refractivity contribution in [1.29, 1.82) is 0 Å². The van der Waals surface area contributed by atoms with Crippen molar-refractivity contribution in [1.82, 2.24) is 9.88 Å². The highest BCUT2D eigenvalue weighted by Gasteiger charge is 2.33. The predicted molar refractivity (Wildman–Crippen MR) is 141 cm³/mol. The van der Waals surface area contributed by atoms with Gasteiger partial charge in [-0.1, -0.05) is 42.8 Å². The lowest BCUT2D eigenvalue weighted by Crippen LogP contribution is -2.42. The summed E-state index contributed by atoms with van der Waals surface area (Å²) in [6, 6.07) is 22.7. The zero-order valence-electron chi connectivity index (χ0n) is 18.7. The van der Waals surface area contributed by atoms with E-state index in [1.54, 1.807) is 7.11 Å². The molecule has 0 spiro atoms. The van der Waals surface area contributed by atoms with Crippen LogP contribution in [0.2, 0.25) is 5.02 Å². The predicted octanol–water partition coefficient (Wildman–Crippen LogP) is 6.74. The van der Waals surface area contributed by atoms with Crippen LogP contribution in [0.15, 0.2) is 66.7 Å². The van der Waals surface area contributed by atoms with Gasteiger partial charge in [0.05, 0.1) is 13.2 Å². The molecule has 5 rings (SSSR count). The summed E-state index contributed by atoms with van der Waals surface area (Å²) in [5, 5.41) is 6.13. The summed E-state index contributed by atoms with van der Waals surface area (Å²) in [6.07, 6.45) is 1.88. The number of H-pyrrole nitrogens is 1. The van der Waals surface area contributed by atoms with E-state index in [-0.39, 0.29) is 6.04 Å². The molecule has 0 bridgehead atoms. The summed E-state index contributed by atoms with van der Waals surface area (Å²) < 4.78 is 5.39. The minimum Gasteiger partial charge on any atom is -0.497 e. The molecule has 168 valence electrons. The maximum Gasteiger partial charge on any atom is 0.174 e. The molecule has 1 aliphatic rings. The Morgan fingerprint density at radius 1 is 1.15 bits per heavy atom. The number of aryl methyl sites for hydroxylation is 1. The number of fused-ring (bicyclic) bond motifs is 3. The third-order valence-corrected chi connectivity index (χ3v) is 6.94. The largest absolute Gasteiger partial charge is 0.497 e. The normalized spacial score (nSPS) is 15.4. The van der Waals surface area contributed by atoms with Crippen molar-refractivity contribution in [2.24, 2.45) is 0 Å². The number of rotatable bonds is 4. The Kier molecular flexibility index (Phi) is 6.00. The van der Waals surface area contributed by atoms with Gasteiger partial charge in [0.15, 0.2) is 5.11 Å². The molecule has 1 unspecified atom stereocenters. The zero-order chi connectivity index (χ0) is 22.9. The van der Waals surface area contributed by atoms with Gasteiger partial charge >= 0.3 is 0 Å². The van der Waals surface area contributed by atoms with E-state index in [0.717, 1.165) is 52.6 Å². The van der Waals surface area contributed by atoms with Crippen LogP contribution in [0.25, 0.3) is 10.9 Å². The first kappa shape index (κ1) is 21.8. The lowest BCUT2D eigenvalue weighted by Gasteiger charge is -2.38. The topological polar surface area (TPSA) is 40.3 Å². The summed E-state index contributed by atoms with van der Waals surface area (Å²) in [6.45, 7) is 2.97. The molecule has 1 aromatic heterocycles. The lowest BCUT2D eigenvalue weighted by atomic mass is 9.92. The number of ether oxygens (including phenoxy) is 1. The number of nitrogens with zero attached hydrogens (tertiary/aromatic N) is 1. The van der Waals surface area contributed by atoms with Gasteiger partial charge in [-0.15, -0.1) is 0 Å². The molecule has 0 aliphatic carbocycles. The first-order valence-electron chi connectivity index (χ1n) is 11.2. The molecule has 4 nitrogen and oxygen atoms in total. The maximum absolute atomic E-state index is 6.33. The smallest absolute Gasteiger partial charge is 0.174 e. The zero-order valence-corrected chi connectivity index (χ0v) is 20.3. The highest BCUT2D eigenvalue weighted by atomic mass is 35.5. The quantitative estimate of drug-likeness (QED) is 0.321. The molecule has 2 heterocycles. The Hall–Kier alpha value is -3.02. The number of anilines is 1. The summed E-state index contributed by atoms with van der Waals surface area (Å²) >= 11 is 12.3. The number of nitrogens with one attached hydrogen (secondary N) is 2. The van der Waals surface area contributed by atoms with Gasteiger partial charge in [0, 0.05) is 33.9 Å². The van der Waals surface area contributed by atoms with E-state index >= 15 is 0 Å². The molecule has 3 aromatic carbocycles. The van der Waals surface area contributed by atoms with Gasteiger partial charge in [-0.25, -0.2) is 0 Å². The third-order valence-electron chi connectivity index (χ3n) is 6.37. The highest BCUT2D eigenvalue weighted by molar-refractivity contribution is 7.80. The van der Waals surface area contributed by atoms with E-state index in [4.69, 9.17) is 28.6 Å². The van der Waals surface area contributed by atoms with Crippen LogP contribution < -0.4 is 10.1 Å². The molecule has 0 amide bonds. The van der Waals surface area contributed by atoms with Crippen LogP contribution in [0.4, 0.5) is 5.69 Å². The number of thiocarbonyl (C=S) groups is 1. The number of hydrogen-bond donors (Lipinski definition) is 2. The monoisotopic (exact) mass is 475 g/mol. The van der Waals surface area contributed by atoms with Crippen molar-refractivity contribution in [2.45, 2.75) is 25.8 Å². The Bertz CT molecular complexity index is 1310. The molecule has 4 aromatic rings. The van der Waals surface area contributed by atoms with Crippen molar-refractivity contribution in [3.05, 3.63) is 94.1 Å². The number of aromatic nitrogens is 1. The van der Waals surface area contributed by atoms with Crippen molar-refractivity contribution in [2.75, 3.05) is 19.0 Å². The van der Waals surface area contributed by atoms with Crippen LogP contribution in [0, 0.1) is 0 Å². The average Bonchev–Trinajstić information content (AvgIpc) is 3.21. The number of benzene rings is 3. The second kappa shape index (κ2) is 9.08. The van der Waals surface area contributed by atoms with Crippen molar-refractivity contribution < 1.29 is 4.74 Å². The van der Waals surface area contributed by atoms with Crippen LogP contribution in [0.5, 0.6) is 5.75 Å². The molecule has 1 atom stereocenters. The van der Waals surface area contributed by atoms with Gasteiger partial charge in [-0.05, 0) is 84.2 Å². The maximum atomic E-state index is 6.33. The highest BCUT2D eigenvalue weighted by Crippen LogP contribution is 2.39. The molecule has 33 heavy (non-hydrogen) atoms. The number of halogens is 1. The fourth-order valence-electron chi connectivity index (χ4n) is 4.68. The Morgan fingerprint density at radius 3 is 2.73 bits per heavy atom. The van der Waals surface area contributed by atoms with E-state index in [1.807, 2.05) is 18.2 Å². The molecule has 2 N–H and O–H groups in total. The Balaban J connectivity index is 1.56. The Labute approximate surface area is 204 Å². The number of aromatic amines is 1. The SMILES string of the molecule is CCc1cccc(NC(=S)N2CCc3c([nH]c4ccc(Cl)cc34)C2c2ccc(OC)cc2)c1. The second-order valence-electron chi connectivity index (χ2n) is 8.31. The minimum absolute atomic E-state index is 0.0415. The fraction of sp³-hybridized carbons (Fsp3) is 0.222. The van der Waals surface area contributed by atoms with E-state index < -0.39 is 0 Å². The van der Waals surface area contributed by atoms with E-state index in [9.17, 15) is 0 Å². The molecular weight excluding hydrogens is 450 g/mol. The Morgan fingerprint density at radius 2 is 1.97 bits per heavy atom. The molecule has 6 heteroatoms. The fourth-order valence-corrected chi connectivity index (χ4v) is 5.16. The average molecular weight is 476 g/mol. The summed E-state index contributed by atoms with van der Waals surface area (Å²) in [7, 11) is 1.69. The van der Waals surface area contributed by atoms with Gasteiger partial charge in [-0.2, -0.15) is 0 Å². The molecule has 0 radical (unpaired) electrons. The van der Waals surface area contributed by atoms with Gasteiger partial charge in [0.25, 0.3) is 0 Å².